The van der Waals surface area contributed by atoms with Crippen molar-refractivity contribution in [2.24, 2.45) is 0 Å². The van der Waals surface area contributed by atoms with Crippen molar-refractivity contribution < 1.29 is 0 Å². The third-order valence-electron chi connectivity index (χ3n) is 10.4. The molecule has 0 fully saturated rings. The van der Waals surface area contributed by atoms with Gasteiger partial charge in [-0.1, -0.05) is 158 Å². The van der Waals surface area contributed by atoms with Gasteiger partial charge in [0.25, 0.3) is 0 Å². The van der Waals surface area contributed by atoms with Crippen LogP contribution >= 0.6 is 0 Å². The highest BCUT2D eigenvalue weighted by molar-refractivity contribution is 6.10. The predicted molar refractivity (Wildman–Crippen MR) is 221 cm³/mol. The Kier molecular flexibility index (Phi) is 7.18. The smallest absolute Gasteiger partial charge is 0.0541 e. The topological polar surface area (TPSA) is 8.17 Å². The molecule has 0 unspecified atom stereocenters. The highest BCUT2D eigenvalue weighted by atomic mass is 15.1. The first-order valence-corrected chi connectivity index (χ1v) is 17.9. The van der Waals surface area contributed by atoms with Crippen molar-refractivity contribution in [1.29, 1.82) is 0 Å². The Morgan fingerprint density at radius 3 is 1.63 bits per heavy atom. The van der Waals surface area contributed by atoms with Gasteiger partial charge in [0.1, 0.15) is 0 Å². The fourth-order valence-electron chi connectivity index (χ4n) is 7.98. The van der Waals surface area contributed by atoms with Crippen LogP contribution in [0.3, 0.4) is 0 Å². The molecule has 0 saturated carbocycles. The second-order valence-electron chi connectivity index (χ2n) is 13.3. The first-order chi connectivity index (χ1) is 25.8. The second-order valence-corrected chi connectivity index (χ2v) is 13.3. The number of rotatable bonds is 6. The highest BCUT2D eigenvalue weighted by Crippen LogP contribution is 2.43. The molecule has 0 aliphatic rings. The number of para-hydroxylation sites is 4. The van der Waals surface area contributed by atoms with Gasteiger partial charge in [-0.25, -0.2) is 0 Å². The molecule has 0 atom stereocenters. The summed E-state index contributed by atoms with van der Waals surface area (Å²) in [6, 6.07) is 74.7. The van der Waals surface area contributed by atoms with E-state index in [9.17, 15) is 0 Å². The lowest BCUT2D eigenvalue weighted by molar-refractivity contribution is 1.18. The maximum Gasteiger partial charge on any atom is 0.0541 e. The monoisotopic (exact) mass is 662 g/mol. The maximum absolute atomic E-state index is 2.41. The van der Waals surface area contributed by atoms with E-state index in [-0.39, 0.29) is 0 Å². The fraction of sp³-hybridized carbons (Fsp3) is 0. The normalized spacial score (nSPS) is 11.5. The molecule has 2 nitrogen and oxygen atoms in total. The van der Waals surface area contributed by atoms with Crippen LogP contribution < -0.4 is 4.90 Å². The van der Waals surface area contributed by atoms with Gasteiger partial charge < -0.3 is 9.47 Å². The number of hydrogen-bond donors (Lipinski definition) is 0. The summed E-state index contributed by atoms with van der Waals surface area (Å²) < 4.78 is 2.41. The van der Waals surface area contributed by atoms with E-state index >= 15 is 0 Å². The van der Waals surface area contributed by atoms with Gasteiger partial charge in [0, 0.05) is 33.3 Å². The van der Waals surface area contributed by atoms with E-state index in [2.05, 4.69) is 216 Å². The molecular weight excluding hydrogens is 629 g/mol. The van der Waals surface area contributed by atoms with E-state index in [0.29, 0.717) is 0 Å². The average Bonchev–Trinajstić information content (AvgIpc) is 3.56. The number of fused-ring (bicyclic) bond motifs is 6. The summed E-state index contributed by atoms with van der Waals surface area (Å²) in [5.41, 5.74) is 11.7. The van der Waals surface area contributed by atoms with Gasteiger partial charge >= 0.3 is 0 Å². The molecule has 2 heteroatoms. The van der Waals surface area contributed by atoms with Crippen LogP contribution in [0.15, 0.2) is 206 Å². The van der Waals surface area contributed by atoms with Gasteiger partial charge in [-0.2, -0.15) is 0 Å². The zero-order valence-electron chi connectivity index (χ0n) is 28.5. The van der Waals surface area contributed by atoms with E-state index in [4.69, 9.17) is 0 Å². The van der Waals surface area contributed by atoms with Gasteiger partial charge in [-0.15, -0.1) is 0 Å². The van der Waals surface area contributed by atoms with Crippen LogP contribution in [0.5, 0.6) is 0 Å². The number of anilines is 3. The fourth-order valence-corrected chi connectivity index (χ4v) is 7.98. The minimum atomic E-state index is 1.10. The molecule has 9 aromatic carbocycles. The summed E-state index contributed by atoms with van der Waals surface area (Å²) in [6.07, 6.45) is 0. The van der Waals surface area contributed by atoms with Crippen LogP contribution in [0, 0.1) is 0 Å². The SMILES string of the molecule is c1ccc(-c2ccccc2N(c2ccc(-c3ccccc3-n3c4ccccc4c4ccccc43)cc2)c2ccc3c(ccc4ccccc43)c2)cc1. The van der Waals surface area contributed by atoms with Crippen molar-refractivity contribution in [1.82, 2.24) is 4.57 Å². The summed E-state index contributed by atoms with van der Waals surface area (Å²) in [6.45, 7) is 0. The molecule has 0 N–H and O–H groups in total. The highest BCUT2D eigenvalue weighted by Gasteiger charge is 2.19. The number of aromatic nitrogens is 1. The average molecular weight is 663 g/mol. The maximum atomic E-state index is 2.41. The minimum Gasteiger partial charge on any atom is -0.310 e. The Hall–Kier alpha value is -6.90. The van der Waals surface area contributed by atoms with Crippen molar-refractivity contribution in [2.45, 2.75) is 0 Å². The first-order valence-electron chi connectivity index (χ1n) is 17.9. The van der Waals surface area contributed by atoms with Crippen molar-refractivity contribution in [2.75, 3.05) is 4.90 Å². The quantitative estimate of drug-likeness (QED) is 0.161. The van der Waals surface area contributed by atoms with E-state index in [0.717, 1.165) is 17.1 Å². The van der Waals surface area contributed by atoms with Crippen LogP contribution in [0.2, 0.25) is 0 Å². The van der Waals surface area contributed by atoms with Gasteiger partial charge in [-0.05, 0) is 81.2 Å². The Morgan fingerprint density at radius 1 is 0.327 bits per heavy atom. The van der Waals surface area contributed by atoms with Crippen LogP contribution in [0.4, 0.5) is 17.1 Å². The first kappa shape index (κ1) is 30.0. The van der Waals surface area contributed by atoms with Crippen LogP contribution in [0.25, 0.3) is 71.3 Å². The van der Waals surface area contributed by atoms with E-state index in [1.165, 1.54) is 71.3 Å². The molecular formula is C50H34N2. The molecule has 0 aliphatic carbocycles. The largest absolute Gasteiger partial charge is 0.310 e. The van der Waals surface area contributed by atoms with Gasteiger partial charge in [0.05, 0.1) is 22.4 Å². The number of nitrogens with zero attached hydrogens (tertiary/aromatic N) is 2. The van der Waals surface area contributed by atoms with Crippen LogP contribution in [-0.2, 0) is 0 Å². The Morgan fingerprint density at radius 2 is 0.865 bits per heavy atom. The third-order valence-corrected chi connectivity index (χ3v) is 10.4. The Bertz CT molecular complexity index is 2850. The Labute approximate surface area is 303 Å². The van der Waals surface area contributed by atoms with E-state index in [1.54, 1.807) is 0 Å². The minimum absolute atomic E-state index is 1.10. The molecule has 244 valence electrons. The van der Waals surface area contributed by atoms with Crippen molar-refractivity contribution in [3.8, 4) is 27.9 Å². The van der Waals surface area contributed by atoms with Gasteiger partial charge in [0.15, 0.2) is 0 Å². The van der Waals surface area contributed by atoms with Crippen LogP contribution in [-0.4, -0.2) is 4.57 Å². The lowest BCUT2D eigenvalue weighted by Crippen LogP contribution is -2.11. The van der Waals surface area contributed by atoms with Gasteiger partial charge in [0.2, 0.25) is 0 Å². The molecule has 0 radical (unpaired) electrons. The van der Waals surface area contributed by atoms with Crippen molar-refractivity contribution in [3.05, 3.63) is 206 Å². The van der Waals surface area contributed by atoms with Crippen molar-refractivity contribution >= 4 is 60.4 Å². The molecule has 10 aromatic rings. The van der Waals surface area contributed by atoms with E-state index in [1.807, 2.05) is 0 Å². The molecule has 1 aromatic heterocycles. The zero-order valence-corrected chi connectivity index (χ0v) is 28.5. The van der Waals surface area contributed by atoms with Gasteiger partial charge in [-0.3, -0.25) is 0 Å². The lowest BCUT2D eigenvalue weighted by atomic mass is 9.99. The predicted octanol–water partition coefficient (Wildman–Crippen LogP) is 13.9. The lowest BCUT2D eigenvalue weighted by Gasteiger charge is -2.28. The van der Waals surface area contributed by atoms with Crippen LogP contribution in [0.1, 0.15) is 0 Å². The molecule has 10 rings (SSSR count). The summed E-state index contributed by atoms with van der Waals surface area (Å²) in [7, 11) is 0. The molecule has 0 bridgehead atoms. The summed E-state index contributed by atoms with van der Waals surface area (Å²) in [5, 5.41) is 7.53. The molecule has 0 amide bonds. The summed E-state index contributed by atoms with van der Waals surface area (Å²) in [4.78, 5) is 2.40. The van der Waals surface area contributed by atoms with Crippen molar-refractivity contribution in [3.63, 3.8) is 0 Å². The molecule has 0 aliphatic heterocycles. The number of hydrogen-bond acceptors (Lipinski definition) is 1. The molecule has 52 heavy (non-hydrogen) atoms. The van der Waals surface area contributed by atoms with E-state index < -0.39 is 0 Å². The molecule has 1 heterocycles. The summed E-state index contributed by atoms with van der Waals surface area (Å²) in [5.74, 6) is 0. The second kappa shape index (κ2) is 12.5. The molecule has 0 saturated heterocycles. The molecule has 0 spiro atoms. The third kappa shape index (κ3) is 4.96. The Balaban J connectivity index is 1.14. The number of benzene rings is 9. The standard InChI is InChI=1S/C50H34N2/c1-2-14-35(15-3-1)43-18-6-10-22-47(43)51(40-32-33-42-38(34-40)27-26-36-16-4-5-17-41(36)42)39-30-28-37(29-31-39)44-19-7-11-23-48(44)52-49-24-12-8-20-45(49)46-21-9-13-25-50(46)52/h1-34H. The zero-order chi connectivity index (χ0) is 34.4. The summed E-state index contributed by atoms with van der Waals surface area (Å²) >= 11 is 0.